The summed E-state index contributed by atoms with van der Waals surface area (Å²) in [5.74, 6) is 0. The monoisotopic (exact) mass is 668 g/mol. The van der Waals surface area contributed by atoms with Crippen LogP contribution in [0.4, 0.5) is 0 Å². The number of nitrogens with zero attached hydrogens (tertiary/aromatic N) is 2. The molecule has 3 aromatic heterocycles. The van der Waals surface area contributed by atoms with E-state index in [1.54, 1.807) is 0 Å². The highest BCUT2D eigenvalue weighted by atomic mass is 32.1. The zero-order valence-electron chi connectivity index (χ0n) is 27.9. The second-order valence-electron chi connectivity index (χ2n) is 13.6. The summed E-state index contributed by atoms with van der Waals surface area (Å²) in [7, 11) is 0. The third kappa shape index (κ3) is 4.35. The summed E-state index contributed by atoms with van der Waals surface area (Å²) in [6, 6.07) is 58.1. The molecule has 0 aliphatic heterocycles. The lowest BCUT2D eigenvalue weighted by Crippen LogP contribution is -2.30. The smallest absolute Gasteiger partial charge is 0.0640 e. The maximum absolute atomic E-state index is 2.47. The fourth-order valence-corrected chi connectivity index (χ4v) is 9.62. The Balaban J connectivity index is 1.07. The minimum atomic E-state index is 1.06. The molecule has 0 spiro atoms. The molecule has 51 heavy (non-hydrogen) atoms. The van der Waals surface area contributed by atoms with Gasteiger partial charge in [0.2, 0.25) is 0 Å². The SMILES string of the molecule is C1=c2c(n(-c3ccc(-c4ccccc4)cc3)c3ccc(-c4ccc5c(c4)c4ccccc4n5-c4cccc5c4sc4ccccc45)cc23)=CCC1. The number of rotatable bonds is 4. The van der Waals surface area contributed by atoms with Gasteiger partial charge in [0.15, 0.2) is 0 Å². The van der Waals surface area contributed by atoms with Crippen LogP contribution in [0.5, 0.6) is 0 Å². The second-order valence-corrected chi connectivity index (χ2v) is 14.7. The molecule has 0 amide bonds. The number of aromatic nitrogens is 2. The lowest BCUT2D eigenvalue weighted by molar-refractivity contribution is 1.02. The van der Waals surface area contributed by atoms with Gasteiger partial charge in [0.25, 0.3) is 0 Å². The minimum absolute atomic E-state index is 1.06. The highest BCUT2D eigenvalue weighted by Crippen LogP contribution is 2.41. The molecule has 0 saturated heterocycles. The van der Waals surface area contributed by atoms with Crippen molar-refractivity contribution in [2.24, 2.45) is 0 Å². The number of benzene rings is 7. The van der Waals surface area contributed by atoms with Gasteiger partial charge in [0, 0.05) is 47.9 Å². The first-order chi connectivity index (χ1) is 25.3. The number of fused-ring (bicyclic) bond motifs is 9. The van der Waals surface area contributed by atoms with Crippen LogP contribution < -0.4 is 10.6 Å². The normalized spacial score (nSPS) is 12.9. The predicted octanol–water partition coefficient (Wildman–Crippen LogP) is 11.8. The predicted molar refractivity (Wildman–Crippen MR) is 219 cm³/mol. The molecule has 3 heteroatoms. The highest BCUT2D eigenvalue weighted by molar-refractivity contribution is 7.26. The summed E-state index contributed by atoms with van der Waals surface area (Å²) in [6.07, 6.45) is 6.98. The molecule has 0 saturated carbocycles. The van der Waals surface area contributed by atoms with Crippen molar-refractivity contribution in [3.8, 4) is 33.6 Å². The van der Waals surface area contributed by atoms with E-state index in [4.69, 9.17) is 0 Å². The summed E-state index contributed by atoms with van der Waals surface area (Å²) < 4.78 is 7.57. The van der Waals surface area contributed by atoms with E-state index in [-0.39, 0.29) is 0 Å². The van der Waals surface area contributed by atoms with Gasteiger partial charge in [-0.1, -0.05) is 115 Å². The fourth-order valence-electron chi connectivity index (χ4n) is 8.41. The van der Waals surface area contributed by atoms with Crippen LogP contribution in [0, 0.1) is 0 Å². The van der Waals surface area contributed by atoms with Gasteiger partial charge in [0.1, 0.15) is 0 Å². The molecule has 0 unspecified atom stereocenters. The average molecular weight is 669 g/mol. The van der Waals surface area contributed by atoms with E-state index in [1.165, 1.54) is 97.1 Å². The van der Waals surface area contributed by atoms with Crippen LogP contribution >= 0.6 is 11.3 Å². The van der Waals surface area contributed by atoms with Crippen molar-refractivity contribution in [3.63, 3.8) is 0 Å². The van der Waals surface area contributed by atoms with Crippen LogP contribution in [0.25, 0.3) is 98.7 Å². The summed E-state index contributed by atoms with van der Waals surface area (Å²) in [4.78, 5) is 0. The minimum Gasteiger partial charge on any atom is -0.310 e. The first-order valence-electron chi connectivity index (χ1n) is 17.8. The number of thiophene rings is 1. The Kier molecular flexibility index (Phi) is 6.28. The Morgan fingerprint density at radius 1 is 0.412 bits per heavy atom. The Hall–Kier alpha value is -6.16. The van der Waals surface area contributed by atoms with Crippen molar-refractivity contribution in [1.29, 1.82) is 0 Å². The van der Waals surface area contributed by atoms with Gasteiger partial charge in [0.05, 0.1) is 26.9 Å². The van der Waals surface area contributed by atoms with Gasteiger partial charge >= 0.3 is 0 Å². The van der Waals surface area contributed by atoms with E-state index in [2.05, 4.69) is 179 Å². The van der Waals surface area contributed by atoms with Gasteiger partial charge in [-0.3, -0.25) is 0 Å². The second kappa shape index (κ2) is 11.2. The topological polar surface area (TPSA) is 9.86 Å². The van der Waals surface area contributed by atoms with Crippen molar-refractivity contribution in [1.82, 2.24) is 9.13 Å². The zero-order chi connectivity index (χ0) is 33.5. The molecule has 2 nitrogen and oxygen atoms in total. The van der Waals surface area contributed by atoms with Gasteiger partial charge < -0.3 is 9.13 Å². The molecule has 7 aromatic carbocycles. The van der Waals surface area contributed by atoms with Crippen LogP contribution in [0.1, 0.15) is 12.8 Å². The molecule has 0 bridgehead atoms. The molecule has 240 valence electrons. The summed E-state index contributed by atoms with van der Waals surface area (Å²) in [5, 5.41) is 9.16. The molecule has 0 N–H and O–H groups in total. The van der Waals surface area contributed by atoms with E-state index in [0.29, 0.717) is 0 Å². The van der Waals surface area contributed by atoms with E-state index in [0.717, 1.165) is 12.8 Å². The number of hydrogen-bond acceptors (Lipinski definition) is 1. The van der Waals surface area contributed by atoms with Crippen molar-refractivity contribution >= 4 is 76.4 Å². The summed E-state index contributed by atoms with van der Waals surface area (Å²) >= 11 is 1.89. The van der Waals surface area contributed by atoms with E-state index in [9.17, 15) is 0 Å². The summed E-state index contributed by atoms with van der Waals surface area (Å²) in [5.41, 5.74) is 11.1. The summed E-state index contributed by atoms with van der Waals surface area (Å²) in [6.45, 7) is 0. The molecular formula is C48H32N2S. The van der Waals surface area contributed by atoms with Gasteiger partial charge in [-0.05, 0) is 89.7 Å². The maximum Gasteiger partial charge on any atom is 0.0640 e. The van der Waals surface area contributed by atoms with Crippen LogP contribution in [-0.2, 0) is 0 Å². The Morgan fingerprint density at radius 2 is 1.04 bits per heavy atom. The molecule has 1 aliphatic rings. The lowest BCUT2D eigenvalue weighted by atomic mass is 10.0. The van der Waals surface area contributed by atoms with E-state index in [1.807, 2.05) is 11.3 Å². The first kappa shape index (κ1) is 28.7. The first-order valence-corrected chi connectivity index (χ1v) is 18.6. The largest absolute Gasteiger partial charge is 0.310 e. The average Bonchev–Trinajstić information content (AvgIpc) is 3.86. The standard InChI is InChI=1S/C48H32N2S/c1-2-11-31(12-3-1)32-21-25-35(26-22-32)49-42-17-7-4-13-36(42)40-29-33(23-27-44(40)49)34-24-28-45-41(30-34)37-14-5-8-18-43(37)50(45)46-19-10-16-39-38-15-6-9-20-47(38)51-48(39)46/h1-3,5-6,8-30H,4,7H2. The van der Waals surface area contributed by atoms with E-state index >= 15 is 0 Å². The molecule has 3 heterocycles. The van der Waals surface area contributed by atoms with E-state index < -0.39 is 0 Å². The number of para-hydroxylation sites is 1. The zero-order valence-corrected chi connectivity index (χ0v) is 28.7. The highest BCUT2D eigenvalue weighted by Gasteiger charge is 2.18. The van der Waals surface area contributed by atoms with Crippen LogP contribution in [-0.4, -0.2) is 9.13 Å². The van der Waals surface area contributed by atoms with Gasteiger partial charge in [-0.15, -0.1) is 11.3 Å². The Morgan fingerprint density at radius 3 is 1.88 bits per heavy atom. The van der Waals surface area contributed by atoms with Crippen molar-refractivity contribution in [2.45, 2.75) is 12.8 Å². The third-order valence-electron chi connectivity index (χ3n) is 10.8. The molecular weight excluding hydrogens is 637 g/mol. The quantitative estimate of drug-likeness (QED) is 0.177. The molecule has 0 radical (unpaired) electrons. The van der Waals surface area contributed by atoms with Crippen molar-refractivity contribution < 1.29 is 0 Å². The molecule has 11 rings (SSSR count). The fraction of sp³-hybridized carbons (Fsp3) is 0.0417. The van der Waals surface area contributed by atoms with Gasteiger partial charge in [-0.2, -0.15) is 0 Å². The van der Waals surface area contributed by atoms with Crippen LogP contribution in [0.2, 0.25) is 0 Å². The van der Waals surface area contributed by atoms with Crippen LogP contribution in [0.15, 0.2) is 158 Å². The van der Waals surface area contributed by atoms with Crippen molar-refractivity contribution in [3.05, 3.63) is 168 Å². The molecule has 0 atom stereocenters. The molecule has 0 fully saturated rings. The van der Waals surface area contributed by atoms with Crippen LogP contribution in [0.3, 0.4) is 0 Å². The Labute approximate surface area is 299 Å². The lowest BCUT2D eigenvalue weighted by Gasteiger charge is -2.10. The van der Waals surface area contributed by atoms with Gasteiger partial charge in [-0.25, -0.2) is 0 Å². The number of hydrogen-bond donors (Lipinski definition) is 0. The molecule has 10 aromatic rings. The Bertz CT molecular complexity index is 3120. The maximum atomic E-state index is 2.47. The third-order valence-corrected chi connectivity index (χ3v) is 12.0. The van der Waals surface area contributed by atoms with Crippen molar-refractivity contribution in [2.75, 3.05) is 0 Å². The molecule has 1 aliphatic carbocycles.